The molecule has 0 radical (unpaired) electrons. The van der Waals surface area contributed by atoms with Crippen LogP contribution in [-0.4, -0.2) is 24.5 Å². The SMILES string of the molecule is Cc1cc(C(F)(F)F)nn1Cc1n[nH]c(=S)n1-c1ccc(F)cc1. The van der Waals surface area contributed by atoms with Crippen LogP contribution in [0.2, 0.25) is 0 Å². The average Bonchev–Trinajstić information content (AvgIpc) is 3.04. The van der Waals surface area contributed by atoms with Crippen LogP contribution in [0.4, 0.5) is 17.6 Å². The van der Waals surface area contributed by atoms with Crippen LogP contribution in [0.3, 0.4) is 0 Å². The summed E-state index contributed by atoms with van der Waals surface area (Å²) in [5, 5.41) is 10.2. The van der Waals surface area contributed by atoms with Gasteiger partial charge in [-0.05, 0) is 49.5 Å². The Bertz CT molecular complexity index is 920. The lowest BCUT2D eigenvalue weighted by Gasteiger charge is -2.08. The van der Waals surface area contributed by atoms with Gasteiger partial charge in [0, 0.05) is 11.4 Å². The topological polar surface area (TPSA) is 51.4 Å². The maximum atomic E-state index is 13.1. The molecule has 24 heavy (non-hydrogen) atoms. The summed E-state index contributed by atoms with van der Waals surface area (Å²) in [6, 6.07) is 6.48. The van der Waals surface area contributed by atoms with Crippen molar-refractivity contribution >= 4 is 12.2 Å². The number of nitrogens with one attached hydrogen (secondary N) is 1. The van der Waals surface area contributed by atoms with Crippen LogP contribution in [0.5, 0.6) is 0 Å². The first kappa shape index (κ1) is 16.4. The summed E-state index contributed by atoms with van der Waals surface area (Å²) in [6.45, 7) is 1.50. The highest BCUT2D eigenvalue weighted by Crippen LogP contribution is 2.28. The summed E-state index contributed by atoms with van der Waals surface area (Å²) in [5.74, 6) is -0.0559. The number of aryl methyl sites for hydroxylation is 1. The molecule has 0 bridgehead atoms. The Kier molecular flexibility index (Phi) is 3.99. The molecule has 0 aliphatic rings. The summed E-state index contributed by atoms with van der Waals surface area (Å²) >= 11 is 5.14. The number of benzene rings is 1. The second-order valence-electron chi connectivity index (χ2n) is 5.08. The van der Waals surface area contributed by atoms with Gasteiger partial charge in [0.25, 0.3) is 0 Å². The van der Waals surface area contributed by atoms with Crippen molar-refractivity contribution in [2.75, 3.05) is 0 Å². The van der Waals surface area contributed by atoms with Crippen LogP contribution < -0.4 is 0 Å². The van der Waals surface area contributed by atoms with E-state index in [4.69, 9.17) is 12.2 Å². The standard InChI is InChI=1S/C14H11F4N5S/c1-8-6-11(14(16,17)18)21-22(8)7-12-19-20-13(24)23(12)10-4-2-9(15)3-5-10/h2-6H,7H2,1H3,(H,20,24). The van der Waals surface area contributed by atoms with Crippen LogP contribution in [0.15, 0.2) is 30.3 Å². The zero-order valence-corrected chi connectivity index (χ0v) is 13.1. The molecule has 3 rings (SSSR count). The van der Waals surface area contributed by atoms with Gasteiger partial charge in [0.15, 0.2) is 16.3 Å². The molecule has 0 amide bonds. The Morgan fingerprint density at radius 2 is 1.88 bits per heavy atom. The van der Waals surface area contributed by atoms with E-state index >= 15 is 0 Å². The zero-order valence-electron chi connectivity index (χ0n) is 12.3. The molecular weight excluding hydrogens is 346 g/mol. The maximum Gasteiger partial charge on any atom is 0.435 e. The Morgan fingerprint density at radius 3 is 2.46 bits per heavy atom. The van der Waals surface area contributed by atoms with Crippen LogP contribution in [0.25, 0.3) is 5.69 Å². The number of halogens is 4. The minimum atomic E-state index is -4.52. The Labute approximate surface area is 138 Å². The number of hydrogen-bond donors (Lipinski definition) is 1. The molecule has 0 unspecified atom stereocenters. The quantitative estimate of drug-likeness (QED) is 0.575. The molecular formula is C14H11F4N5S. The molecule has 3 aromatic rings. The highest BCUT2D eigenvalue weighted by Gasteiger charge is 2.34. The van der Waals surface area contributed by atoms with Gasteiger partial charge < -0.3 is 0 Å². The van der Waals surface area contributed by atoms with Crippen LogP contribution in [-0.2, 0) is 12.7 Å². The van der Waals surface area contributed by atoms with E-state index in [1.807, 2.05) is 0 Å². The fourth-order valence-electron chi connectivity index (χ4n) is 2.23. The van der Waals surface area contributed by atoms with Gasteiger partial charge in [-0.2, -0.15) is 23.4 Å². The first-order valence-corrected chi connectivity index (χ1v) is 7.20. The van der Waals surface area contributed by atoms with Gasteiger partial charge in [-0.15, -0.1) is 0 Å². The van der Waals surface area contributed by atoms with Crippen molar-refractivity contribution in [3.8, 4) is 5.69 Å². The fourth-order valence-corrected chi connectivity index (χ4v) is 2.49. The van der Waals surface area contributed by atoms with E-state index in [2.05, 4.69) is 15.3 Å². The molecule has 0 aliphatic carbocycles. The third kappa shape index (κ3) is 3.09. The molecule has 1 aromatic carbocycles. The third-order valence-electron chi connectivity index (χ3n) is 3.39. The first-order chi connectivity index (χ1) is 11.3. The third-order valence-corrected chi connectivity index (χ3v) is 3.66. The van der Waals surface area contributed by atoms with Gasteiger partial charge in [0.2, 0.25) is 0 Å². The van der Waals surface area contributed by atoms with E-state index in [0.717, 1.165) is 6.07 Å². The predicted octanol–water partition coefficient (Wildman–Crippen LogP) is 3.64. The fraction of sp³-hybridized carbons (Fsp3) is 0.214. The normalized spacial score (nSPS) is 11.9. The lowest BCUT2D eigenvalue weighted by atomic mass is 10.3. The van der Waals surface area contributed by atoms with E-state index in [9.17, 15) is 17.6 Å². The van der Waals surface area contributed by atoms with E-state index < -0.39 is 17.7 Å². The number of alkyl halides is 3. The smallest absolute Gasteiger partial charge is 0.271 e. The van der Waals surface area contributed by atoms with Gasteiger partial charge in [0.1, 0.15) is 12.4 Å². The second-order valence-corrected chi connectivity index (χ2v) is 5.47. The molecule has 0 fully saturated rings. The van der Waals surface area contributed by atoms with E-state index in [0.29, 0.717) is 17.2 Å². The van der Waals surface area contributed by atoms with Gasteiger partial charge in [-0.1, -0.05) is 0 Å². The molecule has 10 heteroatoms. The molecule has 0 aliphatic heterocycles. The minimum absolute atomic E-state index is 0.0214. The van der Waals surface area contributed by atoms with E-state index in [-0.39, 0.29) is 11.3 Å². The number of aromatic nitrogens is 5. The molecule has 1 N–H and O–H groups in total. The van der Waals surface area contributed by atoms with Crippen molar-refractivity contribution in [1.82, 2.24) is 24.5 Å². The summed E-state index contributed by atoms with van der Waals surface area (Å²) in [5.41, 5.74) is -0.0876. The number of rotatable bonds is 3. The van der Waals surface area contributed by atoms with Crippen LogP contribution >= 0.6 is 12.2 Å². The number of aromatic amines is 1. The highest BCUT2D eigenvalue weighted by atomic mass is 32.1. The second kappa shape index (κ2) is 5.86. The lowest BCUT2D eigenvalue weighted by molar-refractivity contribution is -0.141. The van der Waals surface area contributed by atoms with Crippen molar-refractivity contribution in [3.63, 3.8) is 0 Å². The van der Waals surface area contributed by atoms with E-state index in [1.165, 1.54) is 40.4 Å². The van der Waals surface area contributed by atoms with Crippen molar-refractivity contribution in [2.24, 2.45) is 0 Å². The minimum Gasteiger partial charge on any atom is -0.271 e. The molecule has 0 saturated carbocycles. The largest absolute Gasteiger partial charge is 0.435 e. The molecule has 0 saturated heterocycles. The van der Waals surface area contributed by atoms with Gasteiger partial charge in [0.05, 0.1) is 0 Å². The van der Waals surface area contributed by atoms with Crippen molar-refractivity contribution in [3.05, 3.63) is 58.1 Å². The molecule has 0 spiro atoms. The lowest BCUT2D eigenvalue weighted by Crippen LogP contribution is -2.12. The van der Waals surface area contributed by atoms with Crippen LogP contribution in [0, 0.1) is 17.5 Å². The summed E-state index contributed by atoms with van der Waals surface area (Å²) < 4.78 is 54.3. The first-order valence-electron chi connectivity index (χ1n) is 6.79. The molecule has 2 heterocycles. The average molecular weight is 357 g/mol. The predicted molar refractivity (Wildman–Crippen MR) is 79.8 cm³/mol. The maximum absolute atomic E-state index is 13.1. The molecule has 126 valence electrons. The van der Waals surface area contributed by atoms with Crippen LogP contribution in [0.1, 0.15) is 17.2 Å². The Hall–Kier alpha value is -2.49. The number of H-pyrrole nitrogens is 1. The van der Waals surface area contributed by atoms with Crippen molar-refractivity contribution in [2.45, 2.75) is 19.6 Å². The van der Waals surface area contributed by atoms with Gasteiger partial charge in [-0.25, -0.2) is 4.39 Å². The molecule has 5 nitrogen and oxygen atoms in total. The molecule has 2 aromatic heterocycles. The Balaban J connectivity index is 1.99. The van der Waals surface area contributed by atoms with Crippen molar-refractivity contribution in [1.29, 1.82) is 0 Å². The van der Waals surface area contributed by atoms with E-state index in [1.54, 1.807) is 0 Å². The van der Waals surface area contributed by atoms with Gasteiger partial charge >= 0.3 is 6.18 Å². The highest BCUT2D eigenvalue weighted by molar-refractivity contribution is 7.71. The number of hydrogen-bond acceptors (Lipinski definition) is 3. The van der Waals surface area contributed by atoms with Crippen molar-refractivity contribution < 1.29 is 17.6 Å². The molecule has 0 atom stereocenters. The summed E-state index contributed by atoms with van der Waals surface area (Å²) in [6.07, 6.45) is -4.52. The Morgan fingerprint density at radius 1 is 1.21 bits per heavy atom. The monoisotopic (exact) mass is 357 g/mol. The van der Waals surface area contributed by atoms with Gasteiger partial charge in [-0.3, -0.25) is 14.3 Å². The zero-order chi connectivity index (χ0) is 17.5. The summed E-state index contributed by atoms with van der Waals surface area (Å²) in [4.78, 5) is 0. The number of nitrogens with zero attached hydrogens (tertiary/aromatic N) is 4. The summed E-state index contributed by atoms with van der Waals surface area (Å²) in [7, 11) is 0.